The maximum atomic E-state index is 10.3. The van der Waals surface area contributed by atoms with Crippen LogP contribution in [0.25, 0.3) is 0 Å². The molecule has 0 aliphatic heterocycles. The summed E-state index contributed by atoms with van der Waals surface area (Å²) in [5, 5.41) is 8.52. The predicted octanol–water partition coefficient (Wildman–Crippen LogP) is 4.84. The molecular formula is C18H38AlO4. The van der Waals surface area contributed by atoms with Crippen molar-refractivity contribution >= 4 is 21.9 Å². The Morgan fingerprint density at radius 1 is 0.652 bits per heavy atom. The van der Waals surface area contributed by atoms with Crippen LogP contribution in [0.3, 0.4) is 0 Å². The van der Waals surface area contributed by atoms with Gasteiger partial charge < -0.3 is 13.4 Å². The molecule has 137 valence electrons. The second-order valence-corrected chi connectivity index (χ2v) is 6.44. The van der Waals surface area contributed by atoms with E-state index in [1.54, 1.807) is 0 Å². The summed E-state index contributed by atoms with van der Waals surface area (Å²) in [5.74, 6) is -0.653. The molecular weight excluding hydrogens is 307 g/mol. The fourth-order valence-corrected chi connectivity index (χ4v) is 2.65. The zero-order valence-electron chi connectivity index (χ0n) is 15.1. The molecule has 0 fully saturated rings. The van der Waals surface area contributed by atoms with Gasteiger partial charge in [0.1, 0.15) is 0 Å². The molecule has 0 aromatic carbocycles. The molecule has 0 aliphatic rings. The van der Waals surface area contributed by atoms with Crippen LogP contribution in [-0.2, 0) is 4.79 Å². The van der Waals surface area contributed by atoms with E-state index in [0.717, 1.165) is 12.8 Å². The average Bonchev–Trinajstić information content (AvgIpc) is 2.51. The van der Waals surface area contributed by atoms with Gasteiger partial charge in [-0.15, -0.1) is 0 Å². The van der Waals surface area contributed by atoms with E-state index in [9.17, 15) is 4.79 Å². The van der Waals surface area contributed by atoms with E-state index in [1.165, 1.54) is 83.5 Å². The molecule has 0 aromatic rings. The summed E-state index contributed by atoms with van der Waals surface area (Å²) in [6, 6.07) is 0. The number of hydrogen-bond acceptors (Lipinski definition) is 3. The summed E-state index contributed by atoms with van der Waals surface area (Å²) in [5.41, 5.74) is 0. The Balaban J connectivity index is 0. The summed E-state index contributed by atoms with van der Waals surface area (Å²) in [6.07, 6.45) is 20.2. The third kappa shape index (κ3) is 30.4. The monoisotopic (exact) mass is 345 g/mol. The Kier molecular flexibility index (Phi) is 26.5. The molecule has 4 nitrogen and oxygen atoms in total. The lowest BCUT2D eigenvalue weighted by Gasteiger charge is -2.03. The van der Waals surface area contributed by atoms with Crippen molar-refractivity contribution in [3.8, 4) is 0 Å². The number of unbranched alkanes of at least 4 members (excludes halogenated alkanes) is 14. The molecule has 0 atom stereocenters. The highest BCUT2D eigenvalue weighted by Gasteiger charge is 1.97. The van der Waals surface area contributed by atoms with Crippen molar-refractivity contribution in [2.24, 2.45) is 0 Å². The van der Waals surface area contributed by atoms with Crippen molar-refractivity contribution in [2.75, 3.05) is 0 Å². The molecule has 0 saturated carbocycles. The quantitative estimate of drug-likeness (QED) is 0.276. The van der Waals surface area contributed by atoms with Crippen LogP contribution >= 0.6 is 0 Å². The van der Waals surface area contributed by atoms with Crippen LogP contribution in [-0.4, -0.2) is 35.3 Å². The first-order valence-corrected chi connectivity index (χ1v) is 10.5. The molecule has 0 aromatic heterocycles. The zero-order chi connectivity index (χ0) is 17.6. The van der Waals surface area contributed by atoms with E-state index >= 15 is 0 Å². The molecule has 0 bridgehead atoms. The van der Waals surface area contributed by atoms with Crippen molar-refractivity contribution in [3.63, 3.8) is 0 Å². The van der Waals surface area contributed by atoms with Crippen LogP contribution in [0.2, 0.25) is 0 Å². The van der Waals surface area contributed by atoms with E-state index in [1.807, 2.05) is 0 Å². The summed E-state index contributed by atoms with van der Waals surface area (Å²) in [6.45, 7) is 2.27. The van der Waals surface area contributed by atoms with Crippen molar-refractivity contribution in [1.82, 2.24) is 0 Å². The van der Waals surface area contributed by atoms with Crippen LogP contribution in [0.5, 0.6) is 0 Å². The van der Waals surface area contributed by atoms with Gasteiger partial charge in [0.2, 0.25) is 0 Å². The van der Waals surface area contributed by atoms with Gasteiger partial charge in [0.15, 0.2) is 0 Å². The Bertz CT molecular complexity index is 225. The minimum atomic E-state index is -1.25. The maximum Gasteiger partial charge on any atom is 0.662 e. The molecule has 1 radical (unpaired) electrons. The Hall–Kier alpha value is -0.0775. The smallest absolute Gasteiger partial charge is 0.499 e. The van der Waals surface area contributed by atoms with Crippen LogP contribution in [0, 0.1) is 0 Å². The van der Waals surface area contributed by atoms with Gasteiger partial charge in [-0.2, -0.15) is 0 Å². The number of aliphatic carboxylic acids is 1. The Morgan fingerprint density at radius 3 is 1.17 bits per heavy atom. The molecule has 23 heavy (non-hydrogen) atoms. The molecule has 0 spiro atoms. The predicted molar refractivity (Wildman–Crippen MR) is 97.4 cm³/mol. The minimum Gasteiger partial charge on any atom is -0.499 e. The van der Waals surface area contributed by atoms with Gasteiger partial charge in [0, 0.05) is 6.42 Å². The average molecular weight is 345 g/mol. The second kappa shape index (κ2) is 24.2. The zero-order valence-corrected chi connectivity index (χ0v) is 16.3. The number of rotatable bonds is 16. The first kappa shape index (κ1) is 25.2. The highest BCUT2D eigenvalue weighted by Crippen LogP contribution is 2.13. The number of hydrogen-bond donors (Lipinski definition) is 3. The van der Waals surface area contributed by atoms with Crippen molar-refractivity contribution in [3.05, 3.63) is 0 Å². The van der Waals surface area contributed by atoms with Crippen molar-refractivity contribution < 1.29 is 18.2 Å². The topological polar surface area (TPSA) is 77.8 Å². The standard InChI is InChI=1S/C18H36O2.Al.2H2O/c1-2-3-4-5-6-7-8-9-10-11-12-13-14-15-16-17-18(19)20;;;/h2-17H2,1H3,(H,19,20);;2*1H2/q;+2;;/p-2. The van der Waals surface area contributed by atoms with E-state index in [-0.39, 0.29) is 0 Å². The lowest BCUT2D eigenvalue weighted by Crippen LogP contribution is -1.93. The van der Waals surface area contributed by atoms with Crippen LogP contribution < -0.4 is 0 Å². The molecule has 0 unspecified atom stereocenters. The molecule has 0 heterocycles. The van der Waals surface area contributed by atoms with Gasteiger partial charge in [-0.1, -0.05) is 96.8 Å². The van der Waals surface area contributed by atoms with Crippen LogP contribution in [0.1, 0.15) is 110 Å². The number of carboxylic acid groups (broad SMARTS) is 1. The third-order valence-electron chi connectivity index (χ3n) is 3.99. The van der Waals surface area contributed by atoms with Gasteiger partial charge in [0.25, 0.3) is 0 Å². The lowest BCUT2D eigenvalue weighted by atomic mass is 10.0. The SMILES string of the molecule is CCCCCCCCCCCCCCCCCC(=O)O.[OH][Al][OH]. The van der Waals surface area contributed by atoms with Gasteiger partial charge in [0.05, 0.1) is 0 Å². The minimum absolute atomic E-state index is 0.345. The molecule has 0 rings (SSSR count). The summed E-state index contributed by atoms with van der Waals surface area (Å²) in [4.78, 5) is 10.3. The summed E-state index contributed by atoms with van der Waals surface area (Å²) < 4.78 is 14.4. The molecule has 5 heteroatoms. The highest BCUT2D eigenvalue weighted by atomic mass is 27.2. The van der Waals surface area contributed by atoms with Gasteiger partial charge >= 0.3 is 21.9 Å². The molecule has 0 saturated heterocycles. The van der Waals surface area contributed by atoms with Gasteiger partial charge in [-0.05, 0) is 6.42 Å². The third-order valence-corrected chi connectivity index (χ3v) is 3.99. The van der Waals surface area contributed by atoms with Crippen molar-refractivity contribution in [1.29, 1.82) is 0 Å². The van der Waals surface area contributed by atoms with Crippen LogP contribution in [0.4, 0.5) is 0 Å². The first-order chi connectivity index (χ1) is 11.2. The second-order valence-electron chi connectivity index (χ2n) is 6.21. The van der Waals surface area contributed by atoms with Gasteiger partial charge in [-0.25, -0.2) is 0 Å². The number of carbonyl (C=O) groups is 1. The largest absolute Gasteiger partial charge is 0.662 e. The van der Waals surface area contributed by atoms with E-state index in [4.69, 9.17) is 13.4 Å². The normalized spacial score (nSPS) is 10.0. The molecule has 3 N–H and O–H groups in total. The summed E-state index contributed by atoms with van der Waals surface area (Å²) in [7, 11) is 0. The van der Waals surface area contributed by atoms with Gasteiger partial charge in [-0.3, -0.25) is 4.79 Å². The Labute approximate surface area is 150 Å². The molecule has 0 aliphatic carbocycles. The number of carboxylic acids is 1. The van der Waals surface area contributed by atoms with E-state index < -0.39 is 21.9 Å². The van der Waals surface area contributed by atoms with E-state index in [0.29, 0.717) is 6.42 Å². The van der Waals surface area contributed by atoms with Crippen molar-refractivity contribution in [2.45, 2.75) is 110 Å². The maximum absolute atomic E-state index is 10.3. The highest BCUT2D eigenvalue weighted by molar-refractivity contribution is 6.13. The fourth-order valence-electron chi connectivity index (χ4n) is 2.65. The first-order valence-electron chi connectivity index (χ1n) is 9.50. The lowest BCUT2D eigenvalue weighted by molar-refractivity contribution is -0.137. The van der Waals surface area contributed by atoms with Crippen LogP contribution in [0.15, 0.2) is 0 Å². The fraction of sp³-hybridized carbons (Fsp3) is 0.944. The van der Waals surface area contributed by atoms with E-state index in [2.05, 4.69) is 6.92 Å². The summed E-state index contributed by atoms with van der Waals surface area (Å²) >= 11 is -1.25. The Morgan fingerprint density at radius 2 is 0.913 bits per heavy atom. The molecule has 0 amide bonds.